The van der Waals surface area contributed by atoms with E-state index in [9.17, 15) is 36.3 Å². The first-order valence-corrected chi connectivity index (χ1v) is 18.7. The van der Waals surface area contributed by atoms with E-state index in [1.54, 1.807) is 24.3 Å². The van der Waals surface area contributed by atoms with Gasteiger partial charge < -0.3 is 30.2 Å². The van der Waals surface area contributed by atoms with Crippen LogP contribution in [0, 0.1) is 5.92 Å². The van der Waals surface area contributed by atoms with E-state index >= 15 is 0 Å². The van der Waals surface area contributed by atoms with E-state index in [1.165, 1.54) is 21.0 Å². The lowest BCUT2D eigenvalue weighted by Gasteiger charge is -2.37. The van der Waals surface area contributed by atoms with Crippen LogP contribution in [0.3, 0.4) is 0 Å². The van der Waals surface area contributed by atoms with Gasteiger partial charge in [0.05, 0.1) is 30.8 Å². The Morgan fingerprint density at radius 2 is 1.72 bits per heavy atom. The molecule has 1 aromatic carbocycles. The Labute approximate surface area is 253 Å². The zero-order valence-corrected chi connectivity index (χ0v) is 27.9. The molecule has 2 rings (SSSR count). The topological polar surface area (TPSA) is 148 Å². The average Bonchev–Trinajstić information content (AvgIpc) is 3.35. The molecule has 0 aromatic heterocycles. The fourth-order valence-corrected chi connectivity index (χ4v) is 7.28. The molecule has 15 heteroatoms. The minimum absolute atomic E-state index is 0.176. The molecule has 0 saturated carbocycles. The molecule has 0 spiro atoms. The van der Waals surface area contributed by atoms with Crippen LogP contribution in [0.5, 0.6) is 5.75 Å². The molecular weight excluding hydrogens is 607 g/mol. The second-order valence-corrected chi connectivity index (χ2v) is 20.1. The number of alkyl halides is 3. The van der Waals surface area contributed by atoms with Crippen molar-refractivity contribution in [3.63, 3.8) is 0 Å². The van der Waals surface area contributed by atoms with Gasteiger partial charge in [0.25, 0.3) is 0 Å². The molecule has 1 saturated heterocycles. The van der Waals surface area contributed by atoms with Crippen LogP contribution in [0.15, 0.2) is 24.3 Å². The molecule has 1 fully saturated rings. The summed E-state index contributed by atoms with van der Waals surface area (Å²) in [4.78, 5) is 28.0. The fourth-order valence-electron chi connectivity index (χ4n) is 4.49. The van der Waals surface area contributed by atoms with Crippen LogP contribution in [0.2, 0.25) is 18.1 Å². The maximum atomic E-state index is 13.6. The van der Waals surface area contributed by atoms with Crippen LogP contribution in [-0.4, -0.2) is 94.5 Å². The van der Waals surface area contributed by atoms with Gasteiger partial charge in [-0.05, 0) is 48.2 Å². The summed E-state index contributed by atoms with van der Waals surface area (Å²) in [6.07, 6.45) is -8.23. The summed E-state index contributed by atoms with van der Waals surface area (Å²) >= 11 is 0. The van der Waals surface area contributed by atoms with Crippen molar-refractivity contribution in [2.75, 3.05) is 20.3 Å². The van der Waals surface area contributed by atoms with Crippen molar-refractivity contribution in [2.45, 2.75) is 101 Å². The molecule has 1 heterocycles. The number of nitrogens with two attached hydrogens (primary N) is 1. The Balaban J connectivity index is 2.36. The van der Waals surface area contributed by atoms with Crippen molar-refractivity contribution >= 4 is 30.0 Å². The number of rotatable bonds is 12. The quantitative estimate of drug-likeness (QED) is 0.292. The third-order valence-corrected chi connectivity index (χ3v) is 14.9. The number of likely N-dealkylation sites (tertiary alicyclic amines) is 1. The van der Waals surface area contributed by atoms with Gasteiger partial charge >= 0.3 is 6.18 Å². The van der Waals surface area contributed by atoms with Crippen molar-refractivity contribution < 1.29 is 45.4 Å². The molecule has 43 heavy (non-hydrogen) atoms. The van der Waals surface area contributed by atoms with Crippen LogP contribution in [0.25, 0.3) is 0 Å². The standard InChI is InChI=1S/C28H46F3N3O7SSi/c1-17(2)23(24(35)28(29,30)31)33-25(36)22-13-20(42(38,39)16-18-9-11-19(40-6)12-10-18)14-34(22)26(37)21(32)15-41-43(7,8)27(3,4)5/h9-12,17,20-24,35H,13-16,32H2,1-8H3,(H,33,36)/t20-,21+,22+,23+,24+/m1/s1. The Kier molecular flexibility index (Phi) is 11.9. The zero-order chi connectivity index (χ0) is 33.1. The van der Waals surface area contributed by atoms with Crippen LogP contribution in [0.1, 0.15) is 46.6 Å². The highest BCUT2D eigenvalue weighted by molar-refractivity contribution is 7.91. The maximum Gasteiger partial charge on any atom is 0.416 e. The first-order valence-electron chi connectivity index (χ1n) is 14.1. The first kappa shape index (κ1) is 37.0. The number of hydrogen-bond acceptors (Lipinski definition) is 8. The minimum Gasteiger partial charge on any atom is -0.497 e. The van der Waals surface area contributed by atoms with E-state index < -0.39 is 71.5 Å². The van der Waals surface area contributed by atoms with Gasteiger partial charge in [-0.3, -0.25) is 9.59 Å². The molecule has 2 amide bonds. The molecule has 4 N–H and O–H groups in total. The number of halogens is 3. The molecular formula is C28H46F3N3O7SSi. The van der Waals surface area contributed by atoms with Gasteiger partial charge in [-0.1, -0.05) is 46.8 Å². The highest BCUT2D eigenvalue weighted by atomic mass is 32.2. The smallest absolute Gasteiger partial charge is 0.416 e. The molecule has 246 valence electrons. The number of amides is 2. The monoisotopic (exact) mass is 653 g/mol. The Morgan fingerprint density at radius 1 is 1.16 bits per heavy atom. The number of carbonyl (C=O) groups is 2. The molecule has 1 aliphatic heterocycles. The second-order valence-electron chi connectivity index (χ2n) is 13.0. The van der Waals surface area contributed by atoms with Gasteiger partial charge in [-0.25, -0.2) is 8.42 Å². The molecule has 0 aliphatic carbocycles. The number of benzene rings is 1. The van der Waals surface area contributed by atoms with Gasteiger partial charge in [0.2, 0.25) is 11.8 Å². The number of nitrogens with zero attached hydrogens (tertiary/aromatic N) is 1. The lowest BCUT2D eigenvalue weighted by molar-refractivity contribution is -0.215. The summed E-state index contributed by atoms with van der Waals surface area (Å²) in [5.74, 6) is -2.44. The third-order valence-electron chi connectivity index (χ3n) is 8.33. The number of aliphatic hydroxyl groups is 1. The molecule has 1 aliphatic rings. The first-order chi connectivity index (χ1) is 19.5. The summed E-state index contributed by atoms with van der Waals surface area (Å²) in [6.45, 7) is 12.2. The zero-order valence-electron chi connectivity index (χ0n) is 26.1. The van der Waals surface area contributed by atoms with Gasteiger partial charge in [-0.15, -0.1) is 0 Å². The minimum atomic E-state index is -5.01. The van der Waals surface area contributed by atoms with Gasteiger partial charge in [0, 0.05) is 6.54 Å². The Morgan fingerprint density at radius 3 is 2.19 bits per heavy atom. The third kappa shape index (κ3) is 9.39. The molecule has 1 aromatic rings. The van der Waals surface area contributed by atoms with Crippen molar-refractivity contribution in [3.8, 4) is 5.75 Å². The van der Waals surface area contributed by atoms with E-state index in [0.29, 0.717) is 11.3 Å². The number of sulfone groups is 1. The highest BCUT2D eigenvalue weighted by Gasteiger charge is 2.49. The van der Waals surface area contributed by atoms with Crippen LogP contribution in [-0.2, 0) is 29.6 Å². The van der Waals surface area contributed by atoms with E-state index in [0.717, 1.165) is 4.90 Å². The van der Waals surface area contributed by atoms with Crippen LogP contribution < -0.4 is 15.8 Å². The lowest BCUT2D eigenvalue weighted by atomic mass is 9.97. The van der Waals surface area contributed by atoms with Crippen LogP contribution >= 0.6 is 0 Å². The molecule has 0 unspecified atom stereocenters. The van der Waals surface area contributed by atoms with E-state index in [1.807, 2.05) is 33.9 Å². The molecule has 0 bridgehead atoms. The van der Waals surface area contributed by atoms with E-state index in [4.69, 9.17) is 14.9 Å². The highest BCUT2D eigenvalue weighted by Crippen LogP contribution is 2.37. The summed E-state index contributed by atoms with van der Waals surface area (Å²) in [5, 5.41) is 10.8. The van der Waals surface area contributed by atoms with Gasteiger partial charge in [0.15, 0.2) is 24.3 Å². The Hall–Kier alpha value is -2.20. The van der Waals surface area contributed by atoms with E-state index in [-0.39, 0.29) is 30.4 Å². The molecule has 5 atom stereocenters. The predicted molar refractivity (Wildman–Crippen MR) is 159 cm³/mol. The van der Waals surface area contributed by atoms with Crippen LogP contribution in [0.4, 0.5) is 13.2 Å². The largest absolute Gasteiger partial charge is 0.497 e. The average molecular weight is 654 g/mol. The number of methoxy groups -OCH3 is 1. The number of ether oxygens (including phenoxy) is 1. The lowest BCUT2D eigenvalue weighted by Crippen LogP contribution is -2.58. The van der Waals surface area contributed by atoms with Crippen molar-refractivity contribution in [1.29, 1.82) is 0 Å². The van der Waals surface area contributed by atoms with Gasteiger partial charge in [-0.2, -0.15) is 13.2 Å². The summed E-state index contributed by atoms with van der Waals surface area (Å²) < 4.78 is 78.2. The predicted octanol–water partition coefficient (Wildman–Crippen LogP) is 2.99. The number of hydrogen-bond donors (Lipinski definition) is 3. The fraction of sp³-hybridized carbons (Fsp3) is 0.714. The number of nitrogens with one attached hydrogen (secondary N) is 1. The summed E-state index contributed by atoms with van der Waals surface area (Å²) in [5.41, 5.74) is 6.65. The number of aliphatic hydroxyl groups excluding tert-OH is 1. The second kappa shape index (κ2) is 13.8. The molecule has 10 nitrogen and oxygen atoms in total. The summed E-state index contributed by atoms with van der Waals surface area (Å²) in [6, 6.07) is 1.97. The summed E-state index contributed by atoms with van der Waals surface area (Å²) in [7, 11) is -4.79. The SMILES string of the molecule is COc1ccc(CS(=O)(=O)[C@@H]2C[C@@H](C(=O)N[C@@H](C(C)C)[C@H](O)C(F)(F)F)N(C(=O)[C@@H](N)CO[Si](C)(C)C(C)(C)C)C2)cc1. The van der Waals surface area contributed by atoms with Gasteiger partial charge in [0.1, 0.15) is 17.8 Å². The maximum absolute atomic E-state index is 13.6. The normalized spacial score (nSPS) is 20.6. The van der Waals surface area contributed by atoms with E-state index in [2.05, 4.69) is 5.32 Å². The number of carbonyl (C=O) groups excluding carboxylic acids is 2. The van der Waals surface area contributed by atoms with Crippen molar-refractivity contribution in [3.05, 3.63) is 29.8 Å². The molecule has 0 radical (unpaired) electrons. The van der Waals surface area contributed by atoms with Crippen molar-refractivity contribution in [2.24, 2.45) is 11.7 Å². The van der Waals surface area contributed by atoms with Crippen molar-refractivity contribution in [1.82, 2.24) is 10.2 Å². The Bertz CT molecular complexity index is 1220.